The smallest absolute Gasteiger partial charge is 0.319 e. The average Bonchev–Trinajstić information content (AvgIpc) is 3.30. The Kier molecular flexibility index (Phi) is 4.87. The average molecular weight is 348 g/mol. The van der Waals surface area contributed by atoms with Crippen molar-refractivity contribution in [2.75, 3.05) is 11.9 Å². The van der Waals surface area contributed by atoms with Crippen molar-refractivity contribution in [2.24, 2.45) is 0 Å². The number of amides is 2. The molecule has 132 valence electrons. The molecule has 0 atom stereocenters. The standard InChI is InChI=1S/C15H17FN6O3/c16-11-6-5-10(18-15(25)17-7-1-2-13(23)24)8-12(11)22-14(9-3-4-9)19-20-21-22/h5-6,8-9H,1-4,7H2,(H,23,24)(H2,17,18,25). The summed E-state index contributed by atoms with van der Waals surface area (Å²) in [6.45, 7) is 0.227. The molecule has 0 saturated heterocycles. The minimum Gasteiger partial charge on any atom is -0.481 e. The number of halogens is 1. The number of carboxylic acid groups (broad SMARTS) is 1. The van der Waals surface area contributed by atoms with E-state index in [2.05, 4.69) is 26.2 Å². The van der Waals surface area contributed by atoms with Gasteiger partial charge in [-0.1, -0.05) is 0 Å². The quantitative estimate of drug-likeness (QED) is 0.654. The Morgan fingerprint density at radius 1 is 1.36 bits per heavy atom. The lowest BCUT2D eigenvalue weighted by Gasteiger charge is -2.10. The second-order valence-corrected chi connectivity index (χ2v) is 5.77. The van der Waals surface area contributed by atoms with Crippen LogP contribution in [0.15, 0.2) is 18.2 Å². The Balaban J connectivity index is 1.66. The van der Waals surface area contributed by atoms with Crippen LogP contribution in [0.5, 0.6) is 0 Å². The van der Waals surface area contributed by atoms with E-state index < -0.39 is 17.8 Å². The third-order valence-electron chi connectivity index (χ3n) is 3.72. The Morgan fingerprint density at radius 2 is 2.16 bits per heavy atom. The fraction of sp³-hybridized carbons (Fsp3) is 0.400. The highest BCUT2D eigenvalue weighted by atomic mass is 19.1. The summed E-state index contributed by atoms with van der Waals surface area (Å²) < 4.78 is 15.5. The molecule has 0 spiro atoms. The summed E-state index contributed by atoms with van der Waals surface area (Å²) in [5.74, 6) is -0.572. The van der Waals surface area contributed by atoms with Gasteiger partial charge in [-0.25, -0.2) is 9.18 Å². The molecule has 2 aromatic rings. The van der Waals surface area contributed by atoms with Crippen LogP contribution in [-0.2, 0) is 4.79 Å². The van der Waals surface area contributed by atoms with E-state index in [1.165, 1.54) is 22.9 Å². The highest BCUT2D eigenvalue weighted by Crippen LogP contribution is 2.39. The Bertz CT molecular complexity index is 789. The molecule has 0 aliphatic heterocycles. The van der Waals surface area contributed by atoms with Crippen molar-refractivity contribution >= 4 is 17.7 Å². The predicted molar refractivity (Wildman–Crippen MR) is 85.0 cm³/mol. The number of tetrazole rings is 1. The second kappa shape index (κ2) is 7.24. The van der Waals surface area contributed by atoms with Crippen molar-refractivity contribution in [2.45, 2.75) is 31.6 Å². The summed E-state index contributed by atoms with van der Waals surface area (Å²) in [6, 6.07) is 3.61. The van der Waals surface area contributed by atoms with Crippen LogP contribution in [0.3, 0.4) is 0 Å². The van der Waals surface area contributed by atoms with E-state index in [4.69, 9.17) is 5.11 Å². The Morgan fingerprint density at radius 3 is 2.88 bits per heavy atom. The van der Waals surface area contributed by atoms with Crippen LogP contribution in [0.25, 0.3) is 5.69 Å². The van der Waals surface area contributed by atoms with Gasteiger partial charge in [0.1, 0.15) is 11.5 Å². The number of benzene rings is 1. The molecule has 1 aliphatic carbocycles. The van der Waals surface area contributed by atoms with Crippen molar-refractivity contribution < 1.29 is 19.1 Å². The molecule has 1 fully saturated rings. The van der Waals surface area contributed by atoms with Gasteiger partial charge < -0.3 is 15.7 Å². The maximum absolute atomic E-state index is 14.2. The molecule has 1 aromatic heterocycles. The van der Waals surface area contributed by atoms with E-state index in [1.54, 1.807) is 0 Å². The molecule has 10 heteroatoms. The van der Waals surface area contributed by atoms with Crippen LogP contribution in [-0.4, -0.2) is 43.9 Å². The van der Waals surface area contributed by atoms with Gasteiger partial charge in [0.15, 0.2) is 5.82 Å². The summed E-state index contributed by atoms with van der Waals surface area (Å²) in [5, 5.41) is 25.0. The number of rotatable bonds is 7. The van der Waals surface area contributed by atoms with Gasteiger partial charge in [-0.15, -0.1) is 5.10 Å². The third-order valence-corrected chi connectivity index (χ3v) is 3.72. The highest BCUT2D eigenvalue weighted by Gasteiger charge is 2.30. The molecule has 1 heterocycles. The van der Waals surface area contributed by atoms with Gasteiger partial charge in [-0.05, 0) is 47.9 Å². The summed E-state index contributed by atoms with van der Waals surface area (Å²) in [5.41, 5.74) is 0.542. The fourth-order valence-electron chi connectivity index (χ4n) is 2.33. The SMILES string of the molecule is O=C(O)CCCNC(=O)Nc1ccc(F)c(-n2nnnc2C2CC2)c1. The van der Waals surface area contributed by atoms with Crippen LogP contribution in [0.1, 0.15) is 37.4 Å². The van der Waals surface area contributed by atoms with Crippen molar-refractivity contribution in [1.82, 2.24) is 25.5 Å². The predicted octanol–water partition coefficient (Wildman–Crippen LogP) is 1.67. The summed E-state index contributed by atoms with van der Waals surface area (Å²) in [7, 11) is 0. The van der Waals surface area contributed by atoms with Crippen molar-refractivity contribution in [3.63, 3.8) is 0 Å². The number of aliphatic carboxylic acids is 1. The number of nitrogens with zero attached hydrogens (tertiary/aromatic N) is 4. The molecular formula is C15H17FN6O3. The first kappa shape index (κ1) is 16.8. The summed E-state index contributed by atoms with van der Waals surface area (Å²) in [6.07, 6.45) is 2.24. The number of nitrogens with one attached hydrogen (secondary N) is 2. The van der Waals surface area contributed by atoms with Crippen molar-refractivity contribution in [1.29, 1.82) is 0 Å². The van der Waals surface area contributed by atoms with Crippen LogP contribution in [0, 0.1) is 5.82 Å². The minimum atomic E-state index is -0.918. The van der Waals surface area contributed by atoms with Gasteiger partial charge in [0.2, 0.25) is 0 Å². The van der Waals surface area contributed by atoms with Crippen molar-refractivity contribution in [3.8, 4) is 5.69 Å². The molecule has 0 radical (unpaired) electrons. The second-order valence-electron chi connectivity index (χ2n) is 5.77. The molecular weight excluding hydrogens is 331 g/mol. The van der Waals surface area contributed by atoms with Gasteiger partial charge in [-0.3, -0.25) is 4.79 Å². The van der Waals surface area contributed by atoms with Gasteiger partial charge in [0.05, 0.1) is 0 Å². The molecule has 1 aromatic carbocycles. The van der Waals surface area contributed by atoms with Gasteiger partial charge in [-0.2, -0.15) is 4.68 Å². The number of carbonyl (C=O) groups excluding carboxylic acids is 1. The van der Waals surface area contributed by atoms with Crippen LogP contribution in [0.2, 0.25) is 0 Å². The number of aromatic nitrogens is 4. The number of hydrogen-bond donors (Lipinski definition) is 3. The zero-order chi connectivity index (χ0) is 17.8. The largest absolute Gasteiger partial charge is 0.481 e. The third kappa shape index (κ3) is 4.28. The molecule has 3 rings (SSSR count). The molecule has 1 aliphatic rings. The number of hydrogen-bond acceptors (Lipinski definition) is 5. The van der Waals surface area contributed by atoms with E-state index in [9.17, 15) is 14.0 Å². The fourth-order valence-corrected chi connectivity index (χ4v) is 2.33. The van der Waals surface area contributed by atoms with Gasteiger partial charge in [0, 0.05) is 24.6 Å². The monoisotopic (exact) mass is 348 g/mol. The van der Waals surface area contributed by atoms with Crippen LogP contribution >= 0.6 is 0 Å². The Labute approximate surface area is 142 Å². The first-order valence-corrected chi connectivity index (χ1v) is 7.89. The van der Waals surface area contributed by atoms with Crippen LogP contribution < -0.4 is 10.6 Å². The maximum atomic E-state index is 14.2. The van der Waals surface area contributed by atoms with E-state index in [1.807, 2.05) is 0 Å². The molecule has 9 nitrogen and oxygen atoms in total. The molecule has 0 bridgehead atoms. The highest BCUT2D eigenvalue weighted by molar-refractivity contribution is 5.89. The lowest BCUT2D eigenvalue weighted by Crippen LogP contribution is -2.29. The minimum absolute atomic E-state index is 0.0236. The molecule has 0 unspecified atom stereocenters. The molecule has 3 N–H and O–H groups in total. The Hall–Kier alpha value is -3.04. The molecule has 25 heavy (non-hydrogen) atoms. The van der Waals surface area contributed by atoms with E-state index in [-0.39, 0.29) is 24.6 Å². The van der Waals surface area contributed by atoms with Gasteiger partial charge in [0.25, 0.3) is 0 Å². The maximum Gasteiger partial charge on any atom is 0.319 e. The van der Waals surface area contributed by atoms with Gasteiger partial charge >= 0.3 is 12.0 Å². The van der Waals surface area contributed by atoms with Crippen molar-refractivity contribution in [3.05, 3.63) is 29.8 Å². The zero-order valence-corrected chi connectivity index (χ0v) is 13.3. The first-order chi connectivity index (χ1) is 12.0. The lowest BCUT2D eigenvalue weighted by molar-refractivity contribution is -0.137. The summed E-state index contributed by atoms with van der Waals surface area (Å²) >= 11 is 0. The number of carbonyl (C=O) groups is 2. The topological polar surface area (TPSA) is 122 Å². The normalized spacial score (nSPS) is 13.5. The number of carboxylic acids is 1. The molecule has 1 saturated carbocycles. The van der Waals surface area contributed by atoms with E-state index in [0.717, 1.165) is 12.8 Å². The first-order valence-electron chi connectivity index (χ1n) is 7.89. The van der Waals surface area contributed by atoms with E-state index >= 15 is 0 Å². The number of urea groups is 1. The zero-order valence-electron chi connectivity index (χ0n) is 13.3. The summed E-state index contributed by atoms with van der Waals surface area (Å²) in [4.78, 5) is 22.2. The van der Waals surface area contributed by atoms with Crippen LogP contribution in [0.4, 0.5) is 14.9 Å². The lowest BCUT2D eigenvalue weighted by atomic mass is 10.2. The molecule has 2 amide bonds. The van der Waals surface area contributed by atoms with E-state index in [0.29, 0.717) is 17.9 Å². The number of anilines is 1.